The van der Waals surface area contributed by atoms with Crippen molar-refractivity contribution in [3.8, 4) is 17.2 Å². The van der Waals surface area contributed by atoms with Gasteiger partial charge in [-0.25, -0.2) is 4.39 Å². The van der Waals surface area contributed by atoms with Gasteiger partial charge in [0, 0.05) is 63.5 Å². The van der Waals surface area contributed by atoms with Gasteiger partial charge in [0.2, 0.25) is 17.7 Å². The van der Waals surface area contributed by atoms with Crippen LogP contribution in [0.4, 0.5) is 4.39 Å². The molecule has 5 rings (SSSR count). The molecular weight excluding hydrogens is 595 g/mol. The zero-order chi connectivity index (χ0) is 32.9. The van der Waals surface area contributed by atoms with Gasteiger partial charge in [-0.05, 0) is 67.6 Å². The molecule has 0 saturated carbocycles. The molecule has 1 aromatic heterocycles. The summed E-state index contributed by atoms with van der Waals surface area (Å²) in [4.78, 5) is 53.4. The highest BCUT2D eigenvalue weighted by atomic mass is 19.1. The maximum absolute atomic E-state index is 15.0. The Labute approximate surface area is 267 Å². The van der Waals surface area contributed by atoms with Crippen molar-refractivity contribution in [2.45, 2.75) is 64.6 Å². The zero-order valence-electron chi connectivity index (χ0n) is 26.2. The topological polar surface area (TPSA) is 144 Å². The lowest BCUT2D eigenvalue weighted by atomic mass is 10.1. The van der Waals surface area contributed by atoms with Crippen LogP contribution >= 0.6 is 0 Å². The number of halogens is 1. The minimum atomic E-state index is -0.759. The fraction of sp³-hybridized carbons (Fsp3) is 0.424. The lowest BCUT2D eigenvalue weighted by Crippen LogP contribution is -2.46. The van der Waals surface area contributed by atoms with E-state index in [2.05, 4.69) is 21.0 Å². The second-order valence-electron chi connectivity index (χ2n) is 10.9. The molecule has 0 radical (unpaired) electrons. The van der Waals surface area contributed by atoms with Crippen LogP contribution in [0.5, 0.6) is 17.2 Å². The molecular formula is C33H41FN6O6. The number of aryl methyl sites for hydroxylation is 1. The van der Waals surface area contributed by atoms with Crippen LogP contribution in [0.3, 0.4) is 0 Å². The van der Waals surface area contributed by atoms with Crippen molar-refractivity contribution in [1.29, 1.82) is 0 Å². The Morgan fingerprint density at radius 1 is 1.09 bits per heavy atom. The third-order valence-corrected chi connectivity index (χ3v) is 7.58. The van der Waals surface area contributed by atoms with E-state index in [-0.39, 0.29) is 53.7 Å². The summed E-state index contributed by atoms with van der Waals surface area (Å²) in [5.74, 6) is -1.39. The van der Waals surface area contributed by atoms with Gasteiger partial charge in [0.1, 0.15) is 6.04 Å². The Morgan fingerprint density at radius 2 is 1.91 bits per heavy atom. The highest BCUT2D eigenvalue weighted by Crippen LogP contribution is 2.34. The Kier molecular flexibility index (Phi) is 12.5. The van der Waals surface area contributed by atoms with Gasteiger partial charge in [-0.3, -0.25) is 23.9 Å². The predicted octanol–water partition coefficient (Wildman–Crippen LogP) is 3.56. The third kappa shape index (κ3) is 9.78. The Morgan fingerprint density at radius 3 is 2.65 bits per heavy atom. The summed E-state index contributed by atoms with van der Waals surface area (Å²) in [5, 5.41) is 12.5. The van der Waals surface area contributed by atoms with Crippen LogP contribution in [0.25, 0.3) is 0 Å². The van der Waals surface area contributed by atoms with Crippen LogP contribution in [0.15, 0.2) is 54.9 Å². The first-order valence-corrected chi connectivity index (χ1v) is 15.5. The van der Waals surface area contributed by atoms with Crippen LogP contribution in [0.2, 0.25) is 0 Å². The summed E-state index contributed by atoms with van der Waals surface area (Å²) in [5.41, 5.74) is 0.782. The van der Waals surface area contributed by atoms with E-state index >= 15 is 4.39 Å². The molecule has 2 aliphatic rings. The molecule has 1 atom stereocenters. The highest BCUT2D eigenvalue weighted by molar-refractivity contribution is 5.95. The van der Waals surface area contributed by atoms with Crippen molar-refractivity contribution in [3.63, 3.8) is 0 Å². The second kappa shape index (κ2) is 16.9. The second-order valence-corrected chi connectivity index (χ2v) is 10.9. The van der Waals surface area contributed by atoms with E-state index in [0.717, 1.165) is 0 Å². The molecule has 4 amide bonds. The Bertz CT molecular complexity index is 1500. The first-order chi connectivity index (χ1) is 22.3. The summed E-state index contributed by atoms with van der Waals surface area (Å²) in [6.45, 7) is 3.46. The molecule has 0 saturated heterocycles. The Balaban J connectivity index is 1.49. The van der Waals surface area contributed by atoms with Crippen LogP contribution in [0, 0.1) is 5.82 Å². The number of fused-ring (bicyclic) bond motifs is 16. The summed E-state index contributed by atoms with van der Waals surface area (Å²) < 4.78 is 27.9. The van der Waals surface area contributed by atoms with E-state index in [9.17, 15) is 19.2 Å². The van der Waals surface area contributed by atoms with E-state index in [1.54, 1.807) is 40.9 Å². The Hall–Kier alpha value is -4.94. The van der Waals surface area contributed by atoms with Gasteiger partial charge in [-0.15, -0.1) is 0 Å². The summed E-state index contributed by atoms with van der Waals surface area (Å²) >= 11 is 0. The fourth-order valence-electron chi connectivity index (χ4n) is 5.03. The fourth-order valence-corrected chi connectivity index (χ4v) is 5.03. The number of nitrogens with zero attached hydrogens (tertiary/aromatic N) is 3. The SMILES string of the molecule is CC[C@@H]1NC(=O)CCCN(C(=O)CCCn2cccn2)CCCNC(=O)c2ccc(OC)c(c2)Oc2ccc(cc2F)CNC1=O. The van der Waals surface area contributed by atoms with Gasteiger partial charge < -0.3 is 30.3 Å². The van der Waals surface area contributed by atoms with E-state index in [1.807, 2.05) is 12.3 Å². The molecule has 4 bridgehead atoms. The first kappa shape index (κ1) is 33.9. The quantitative estimate of drug-likeness (QED) is 0.376. The van der Waals surface area contributed by atoms with Gasteiger partial charge in [-0.2, -0.15) is 5.10 Å². The van der Waals surface area contributed by atoms with Crippen LogP contribution in [0.1, 0.15) is 61.4 Å². The maximum atomic E-state index is 15.0. The van der Waals surface area contributed by atoms with E-state index in [1.165, 1.54) is 25.3 Å². The number of benzene rings is 2. The number of carbonyl (C=O) groups is 4. The third-order valence-electron chi connectivity index (χ3n) is 7.58. The molecule has 246 valence electrons. The maximum Gasteiger partial charge on any atom is 0.251 e. The number of ether oxygens (including phenoxy) is 2. The summed E-state index contributed by atoms with van der Waals surface area (Å²) in [6, 6.07) is 9.98. The minimum absolute atomic E-state index is 0.0405. The largest absolute Gasteiger partial charge is 0.493 e. The van der Waals surface area contributed by atoms with E-state index in [4.69, 9.17) is 9.47 Å². The standard InChI is InChI=1S/C33H41FN6O6/c1-3-26-33(44)36-22-23-10-12-27(25(34)20-23)46-29-21-24(11-13-28(29)45-2)32(43)35-14-6-17-39(16-4-8-30(41)38-26)31(42)9-5-18-40-19-7-15-37-40/h7,10-13,15,19-21,26H,3-6,8-9,14,16-18,22H2,1-2H3,(H,35,43)(H,36,44)(H,38,41)/t26-/m0/s1. The van der Waals surface area contributed by atoms with Crippen molar-refractivity contribution in [1.82, 2.24) is 30.6 Å². The number of methoxy groups -OCH3 is 1. The first-order valence-electron chi connectivity index (χ1n) is 15.5. The average Bonchev–Trinajstić information content (AvgIpc) is 3.57. The van der Waals surface area contributed by atoms with Gasteiger partial charge >= 0.3 is 0 Å². The monoisotopic (exact) mass is 636 g/mol. The predicted molar refractivity (Wildman–Crippen MR) is 168 cm³/mol. The smallest absolute Gasteiger partial charge is 0.251 e. The summed E-state index contributed by atoms with van der Waals surface area (Å²) in [6.07, 6.45) is 5.83. The van der Waals surface area contributed by atoms with Gasteiger partial charge in [0.05, 0.1) is 7.11 Å². The number of rotatable bonds is 6. The van der Waals surface area contributed by atoms with E-state index < -0.39 is 11.9 Å². The normalized spacial score (nSPS) is 17.0. The molecule has 0 aliphatic carbocycles. The number of aromatic nitrogens is 2. The molecule has 2 aromatic carbocycles. The molecule has 0 fully saturated rings. The van der Waals surface area contributed by atoms with Gasteiger partial charge in [0.15, 0.2) is 23.1 Å². The van der Waals surface area contributed by atoms with Crippen molar-refractivity contribution in [2.24, 2.45) is 0 Å². The average molecular weight is 637 g/mol. The molecule has 12 nitrogen and oxygen atoms in total. The molecule has 3 heterocycles. The van der Waals surface area contributed by atoms with Crippen molar-refractivity contribution in [3.05, 3.63) is 71.8 Å². The van der Waals surface area contributed by atoms with Crippen LogP contribution < -0.4 is 25.4 Å². The number of amides is 4. The lowest BCUT2D eigenvalue weighted by Gasteiger charge is -2.23. The van der Waals surface area contributed by atoms with Crippen LogP contribution in [-0.4, -0.2) is 71.1 Å². The molecule has 13 heteroatoms. The minimum Gasteiger partial charge on any atom is -0.493 e. The number of carbonyl (C=O) groups excluding carboxylic acids is 4. The van der Waals surface area contributed by atoms with Crippen LogP contribution in [-0.2, 0) is 27.5 Å². The number of hydrogen-bond donors (Lipinski definition) is 3. The molecule has 3 aromatic rings. The van der Waals surface area contributed by atoms with Crippen molar-refractivity contribution < 1.29 is 33.0 Å². The van der Waals surface area contributed by atoms with Gasteiger partial charge in [0.25, 0.3) is 5.91 Å². The van der Waals surface area contributed by atoms with Crippen molar-refractivity contribution >= 4 is 23.6 Å². The molecule has 2 aliphatic heterocycles. The van der Waals surface area contributed by atoms with Crippen molar-refractivity contribution in [2.75, 3.05) is 26.7 Å². The zero-order valence-corrected chi connectivity index (χ0v) is 26.2. The lowest BCUT2D eigenvalue weighted by molar-refractivity contribution is -0.132. The molecule has 46 heavy (non-hydrogen) atoms. The summed E-state index contributed by atoms with van der Waals surface area (Å²) in [7, 11) is 1.44. The van der Waals surface area contributed by atoms with Gasteiger partial charge in [-0.1, -0.05) is 13.0 Å². The van der Waals surface area contributed by atoms with E-state index in [0.29, 0.717) is 69.6 Å². The number of hydrogen-bond acceptors (Lipinski definition) is 7. The highest BCUT2D eigenvalue weighted by Gasteiger charge is 2.20. The molecule has 0 unspecified atom stereocenters. The molecule has 0 spiro atoms. The number of nitrogens with one attached hydrogen (secondary N) is 3. The molecule has 3 N–H and O–H groups in total.